The largest absolute Gasteiger partial charge is 0.481 e. The molecule has 116 valence electrons. The molecule has 1 fully saturated rings. The normalized spacial score (nSPS) is 18.9. The number of hydrogen-bond acceptors (Lipinski definition) is 3. The third-order valence-electron chi connectivity index (χ3n) is 4.33. The van der Waals surface area contributed by atoms with Gasteiger partial charge in [-0.15, -0.1) is 0 Å². The minimum atomic E-state index is -0.730. The lowest BCUT2D eigenvalue weighted by Gasteiger charge is -2.37. The van der Waals surface area contributed by atoms with Gasteiger partial charge in [0.05, 0.1) is 6.42 Å². The molecule has 2 rings (SSSR count). The molecule has 4 heteroatoms. The van der Waals surface area contributed by atoms with E-state index in [1.165, 1.54) is 5.56 Å². The molecular formula is C17H26N2O2. The molecule has 1 aromatic carbocycles. The first-order valence-corrected chi connectivity index (χ1v) is 7.71. The zero-order valence-corrected chi connectivity index (χ0v) is 13.2. The van der Waals surface area contributed by atoms with Gasteiger partial charge in [-0.05, 0) is 24.1 Å². The predicted octanol–water partition coefficient (Wildman–Crippen LogP) is 2.57. The maximum atomic E-state index is 11.2. The van der Waals surface area contributed by atoms with Gasteiger partial charge in [-0.25, -0.2) is 0 Å². The van der Waals surface area contributed by atoms with E-state index >= 15 is 0 Å². The minimum Gasteiger partial charge on any atom is -0.481 e. The second-order valence-corrected chi connectivity index (χ2v) is 6.27. The van der Waals surface area contributed by atoms with Gasteiger partial charge in [-0.2, -0.15) is 0 Å². The number of carboxylic acids is 1. The van der Waals surface area contributed by atoms with Gasteiger partial charge < -0.3 is 10.0 Å². The van der Waals surface area contributed by atoms with Crippen LogP contribution in [0.25, 0.3) is 0 Å². The fourth-order valence-electron chi connectivity index (χ4n) is 2.86. The topological polar surface area (TPSA) is 43.8 Å². The highest BCUT2D eigenvalue weighted by Crippen LogP contribution is 2.27. The molecular weight excluding hydrogens is 264 g/mol. The molecule has 1 unspecified atom stereocenters. The van der Waals surface area contributed by atoms with Crippen molar-refractivity contribution < 1.29 is 9.90 Å². The molecule has 21 heavy (non-hydrogen) atoms. The van der Waals surface area contributed by atoms with E-state index in [0.717, 1.165) is 31.7 Å². The number of rotatable bonds is 5. The van der Waals surface area contributed by atoms with Gasteiger partial charge in [0.2, 0.25) is 0 Å². The molecule has 1 aliphatic heterocycles. The Morgan fingerprint density at radius 2 is 1.62 bits per heavy atom. The number of hydrogen-bond donors (Lipinski definition) is 1. The van der Waals surface area contributed by atoms with Gasteiger partial charge in [0.15, 0.2) is 0 Å². The fraction of sp³-hybridized carbons (Fsp3) is 0.588. The summed E-state index contributed by atoms with van der Waals surface area (Å²) in [6, 6.07) is 8.44. The van der Waals surface area contributed by atoms with E-state index in [1.54, 1.807) is 0 Å². The maximum Gasteiger partial charge on any atom is 0.305 e. The van der Waals surface area contributed by atoms with Gasteiger partial charge in [0.1, 0.15) is 0 Å². The molecule has 0 spiro atoms. The Hall–Kier alpha value is -1.39. The molecule has 0 radical (unpaired) electrons. The van der Waals surface area contributed by atoms with Crippen molar-refractivity contribution in [3.8, 4) is 0 Å². The molecule has 0 saturated carbocycles. The Balaban J connectivity index is 2.16. The van der Waals surface area contributed by atoms with Crippen LogP contribution in [0, 0.1) is 0 Å². The molecule has 1 N–H and O–H groups in total. The van der Waals surface area contributed by atoms with E-state index in [2.05, 4.69) is 55.0 Å². The number of benzene rings is 1. The van der Waals surface area contributed by atoms with E-state index in [0.29, 0.717) is 5.92 Å². The summed E-state index contributed by atoms with van der Waals surface area (Å²) in [6.07, 6.45) is 0.171. The summed E-state index contributed by atoms with van der Waals surface area (Å²) in [6.45, 7) is 8.20. The van der Waals surface area contributed by atoms with E-state index < -0.39 is 5.97 Å². The Bertz CT molecular complexity index is 462. The van der Waals surface area contributed by atoms with Crippen LogP contribution in [0.4, 0.5) is 0 Å². The van der Waals surface area contributed by atoms with E-state index in [9.17, 15) is 9.90 Å². The molecule has 0 aromatic heterocycles. The first-order chi connectivity index (χ1) is 9.97. The lowest BCUT2D eigenvalue weighted by molar-refractivity contribution is -0.138. The Morgan fingerprint density at radius 3 is 2.10 bits per heavy atom. The van der Waals surface area contributed by atoms with Gasteiger partial charge in [-0.3, -0.25) is 9.69 Å². The highest BCUT2D eigenvalue weighted by molar-refractivity contribution is 5.68. The third-order valence-corrected chi connectivity index (χ3v) is 4.33. The summed E-state index contributed by atoms with van der Waals surface area (Å²) in [5.74, 6) is -0.229. The summed E-state index contributed by atoms with van der Waals surface area (Å²) < 4.78 is 0. The van der Waals surface area contributed by atoms with Crippen LogP contribution in [-0.2, 0) is 4.79 Å². The van der Waals surface area contributed by atoms with Gasteiger partial charge in [-0.1, -0.05) is 38.1 Å². The SMILES string of the molecule is CC(C)c1ccc(C(CC(=O)O)N2CCN(C)CC2)cc1. The van der Waals surface area contributed by atoms with Crippen molar-refractivity contribution in [3.05, 3.63) is 35.4 Å². The standard InChI is InChI=1S/C17H26N2O2/c1-13(2)14-4-6-15(7-5-14)16(12-17(20)21)19-10-8-18(3)9-11-19/h4-7,13,16H,8-12H2,1-3H3,(H,20,21). The van der Waals surface area contributed by atoms with Crippen LogP contribution in [-0.4, -0.2) is 54.1 Å². The number of piperazine rings is 1. The van der Waals surface area contributed by atoms with Gasteiger partial charge in [0.25, 0.3) is 0 Å². The molecule has 1 heterocycles. The van der Waals surface area contributed by atoms with Crippen molar-refractivity contribution >= 4 is 5.97 Å². The Labute approximate surface area is 127 Å². The van der Waals surface area contributed by atoms with Crippen LogP contribution >= 0.6 is 0 Å². The van der Waals surface area contributed by atoms with E-state index in [1.807, 2.05) is 0 Å². The molecule has 1 aliphatic rings. The summed E-state index contributed by atoms with van der Waals surface area (Å²) >= 11 is 0. The van der Waals surface area contributed by atoms with Crippen molar-refractivity contribution in [2.45, 2.75) is 32.2 Å². The summed E-state index contributed by atoms with van der Waals surface area (Å²) in [7, 11) is 2.11. The van der Waals surface area contributed by atoms with E-state index in [-0.39, 0.29) is 12.5 Å². The summed E-state index contributed by atoms with van der Waals surface area (Å²) in [4.78, 5) is 15.8. The zero-order chi connectivity index (χ0) is 15.4. The average Bonchev–Trinajstić information content (AvgIpc) is 2.46. The molecule has 0 bridgehead atoms. The number of carbonyl (C=O) groups is 1. The van der Waals surface area contributed by atoms with Crippen LogP contribution in [0.3, 0.4) is 0 Å². The summed E-state index contributed by atoms with van der Waals surface area (Å²) in [5, 5.41) is 9.23. The van der Waals surface area contributed by atoms with Gasteiger partial charge >= 0.3 is 5.97 Å². The highest BCUT2D eigenvalue weighted by atomic mass is 16.4. The smallest absolute Gasteiger partial charge is 0.305 e. The van der Waals surface area contributed by atoms with Crippen LogP contribution in [0.15, 0.2) is 24.3 Å². The fourth-order valence-corrected chi connectivity index (χ4v) is 2.86. The number of aliphatic carboxylic acids is 1. The maximum absolute atomic E-state index is 11.2. The van der Waals surface area contributed by atoms with Crippen molar-refractivity contribution in [1.82, 2.24) is 9.80 Å². The number of nitrogens with zero attached hydrogens (tertiary/aromatic N) is 2. The van der Waals surface area contributed by atoms with Crippen molar-refractivity contribution in [2.24, 2.45) is 0 Å². The molecule has 4 nitrogen and oxygen atoms in total. The van der Waals surface area contributed by atoms with Crippen LogP contribution in [0.1, 0.15) is 43.4 Å². The van der Waals surface area contributed by atoms with Crippen molar-refractivity contribution in [2.75, 3.05) is 33.2 Å². The van der Waals surface area contributed by atoms with Crippen molar-refractivity contribution in [3.63, 3.8) is 0 Å². The Morgan fingerprint density at radius 1 is 1.10 bits per heavy atom. The lowest BCUT2D eigenvalue weighted by Crippen LogP contribution is -2.46. The average molecular weight is 290 g/mol. The van der Waals surface area contributed by atoms with Gasteiger partial charge in [0, 0.05) is 32.2 Å². The molecule has 1 saturated heterocycles. The first-order valence-electron chi connectivity index (χ1n) is 7.71. The Kier molecular flexibility index (Phi) is 5.37. The van der Waals surface area contributed by atoms with Crippen LogP contribution in [0.2, 0.25) is 0 Å². The molecule has 0 aliphatic carbocycles. The molecule has 1 atom stereocenters. The lowest BCUT2D eigenvalue weighted by atomic mass is 9.96. The number of likely N-dealkylation sites (N-methyl/N-ethyl adjacent to an activating group) is 1. The van der Waals surface area contributed by atoms with E-state index in [4.69, 9.17) is 0 Å². The highest BCUT2D eigenvalue weighted by Gasteiger charge is 2.25. The van der Waals surface area contributed by atoms with Crippen molar-refractivity contribution in [1.29, 1.82) is 0 Å². The summed E-state index contributed by atoms with van der Waals surface area (Å²) in [5.41, 5.74) is 2.41. The molecule has 1 aromatic rings. The quantitative estimate of drug-likeness (QED) is 0.905. The second-order valence-electron chi connectivity index (χ2n) is 6.27. The van der Waals surface area contributed by atoms with Crippen LogP contribution in [0.5, 0.6) is 0 Å². The number of carboxylic acid groups (broad SMARTS) is 1. The second kappa shape index (κ2) is 7.05. The predicted molar refractivity (Wildman–Crippen MR) is 84.6 cm³/mol. The zero-order valence-electron chi connectivity index (χ0n) is 13.2. The third kappa shape index (κ3) is 4.29. The van der Waals surface area contributed by atoms with Crippen LogP contribution < -0.4 is 0 Å². The first kappa shape index (κ1) is 16.0. The molecule has 0 amide bonds. The minimum absolute atomic E-state index is 0.0163. The monoisotopic (exact) mass is 290 g/mol.